The van der Waals surface area contributed by atoms with E-state index >= 15 is 0 Å². The van der Waals surface area contributed by atoms with Crippen LogP contribution in [0.4, 0.5) is 0 Å². The summed E-state index contributed by atoms with van der Waals surface area (Å²) in [4.78, 5) is 43.2. The number of rotatable bonds is 4. The third-order valence-electron chi connectivity index (χ3n) is 8.21. The molecule has 0 aromatic heterocycles. The monoisotopic (exact) mass is 475 g/mol. The fourth-order valence-electron chi connectivity index (χ4n) is 6.13. The molecule has 0 radical (unpaired) electrons. The highest BCUT2D eigenvalue weighted by molar-refractivity contribution is 6.07. The minimum atomic E-state index is -0.176. The summed E-state index contributed by atoms with van der Waals surface area (Å²) in [5, 5.41) is 5.25. The van der Waals surface area contributed by atoms with Crippen molar-refractivity contribution in [1.29, 1.82) is 0 Å². The summed E-state index contributed by atoms with van der Waals surface area (Å²) in [6.45, 7) is 2.62. The average molecular weight is 476 g/mol. The minimum absolute atomic E-state index is 0.00818. The van der Waals surface area contributed by atoms with E-state index in [9.17, 15) is 14.4 Å². The first-order chi connectivity index (χ1) is 17.1. The van der Waals surface area contributed by atoms with Crippen LogP contribution in [0.1, 0.15) is 68.1 Å². The van der Waals surface area contributed by atoms with Gasteiger partial charge < -0.3 is 15.1 Å². The summed E-state index contributed by atoms with van der Waals surface area (Å²) in [6.07, 6.45) is 8.94. The van der Waals surface area contributed by atoms with Gasteiger partial charge in [0.15, 0.2) is 0 Å². The number of nitrogens with zero attached hydrogens (tertiary/aromatic N) is 2. The van der Waals surface area contributed by atoms with Crippen molar-refractivity contribution in [1.82, 2.24) is 15.1 Å². The molecule has 3 aliphatic rings. The van der Waals surface area contributed by atoms with Crippen molar-refractivity contribution in [2.45, 2.75) is 63.8 Å². The number of amides is 3. The first kappa shape index (κ1) is 23.8. The van der Waals surface area contributed by atoms with Crippen molar-refractivity contribution >= 4 is 28.5 Å². The Hall–Kier alpha value is -2.89. The molecular formula is C29H37N3O3. The topological polar surface area (TPSA) is 69.7 Å². The van der Waals surface area contributed by atoms with E-state index in [1.54, 1.807) is 0 Å². The maximum absolute atomic E-state index is 13.4. The molecule has 1 saturated carbocycles. The highest BCUT2D eigenvalue weighted by Gasteiger charge is 2.33. The molecule has 2 aromatic rings. The van der Waals surface area contributed by atoms with Crippen LogP contribution in [0.15, 0.2) is 42.5 Å². The van der Waals surface area contributed by atoms with Crippen LogP contribution < -0.4 is 5.32 Å². The van der Waals surface area contributed by atoms with Crippen LogP contribution in [0, 0.1) is 11.8 Å². The Labute approximate surface area is 208 Å². The third kappa shape index (κ3) is 5.36. The largest absolute Gasteiger partial charge is 0.353 e. The number of piperidine rings is 2. The molecule has 3 fully saturated rings. The molecule has 2 aromatic carbocycles. The lowest BCUT2D eigenvalue weighted by atomic mass is 9.87. The standard InChI is InChI=1S/C29H37N3O3/c33-27(30-24-15-18-31(19-16-24)28(34)22-9-2-1-3-10-22)23-12-7-17-32(20-23)29(35)26-14-6-11-21-8-4-5-13-25(21)26/h4-6,8,11,13-14,22-24H,1-3,7,9-10,12,15-20H2,(H,30,33). The van der Waals surface area contributed by atoms with Gasteiger partial charge in [-0.2, -0.15) is 0 Å². The van der Waals surface area contributed by atoms with Gasteiger partial charge in [-0.3, -0.25) is 14.4 Å². The zero-order chi connectivity index (χ0) is 24.2. The van der Waals surface area contributed by atoms with Gasteiger partial charge in [0.1, 0.15) is 0 Å². The van der Waals surface area contributed by atoms with E-state index in [2.05, 4.69) is 5.32 Å². The van der Waals surface area contributed by atoms with Crippen LogP contribution in [0.3, 0.4) is 0 Å². The van der Waals surface area contributed by atoms with Gasteiger partial charge in [-0.15, -0.1) is 0 Å². The van der Waals surface area contributed by atoms with E-state index in [1.807, 2.05) is 52.3 Å². The lowest BCUT2D eigenvalue weighted by Crippen LogP contribution is -2.51. The van der Waals surface area contributed by atoms with Crippen molar-refractivity contribution in [3.05, 3.63) is 48.0 Å². The van der Waals surface area contributed by atoms with Crippen molar-refractivity contribution in [2.75, 3.05) is 26.2 Å². The fourth-order valence-corrected chi connectivity index (χ4v) is 6.13. The number of hydrogen-bond donors (Lipinski definition) is 1. The number of carbonyl (C=O) groups excluding carboxylic acids is 3. The molecule has 2 saturated heterocycles. The molecule has 186 valence electrons. The zero-order valence-corrected chi connectivity index (χ0v) is 20.6. The summed E-state index contributed by atoms with van der Waals surface area (Å²) in [5.74, 6) is 0.419. The summed E-state index contributed by atoms with van der Waals surface area (Å²) >= 11 is 0. The Morgan fingerprint density at radius 2 is 1.43 bits per heavy atom. The van der Waals surface area contributed by atoms with E-state index in [4.69, 9.17) is 0 Å². The van der Waals surface area contributed by atoms with Crippen LogP contribution >= 0.6 is 0 Å². The molecule has 3 amide bonds. The molecule has 1 unspecified atom stereocenters. The number of nitrogens with one attached hydrogen (secondary N) is 1. The molecule has 1 aliphatic carbocycles. The summed E-state index contributed by atoms with van der Waals surface area (Å²) < 4.78 is 0. The molecule has 1 atom stereocenters. The molecule has 35 heavy (non-hydrogen) atoms. The maximum atomic E-state index is 13.4. The fraction of sp³-hybridized carbons (Fsp3) is 0.552. The molecule has 2 aliphatic heterocycles. The van der Waals surface area contributed by atoms with Gasteiger partial charge >= 0.3 is 0 Å². The molecule has 6 nitrogen and oxygen atoms in total. The second-order valence-corrected chi connectivity index (χ2v) is 10.6. The Kier molecular flexibility index (Phi) is 7.35. The lowest BCUT2D eigenvalue weighted by molar-refractivity contribution is -0.137. The number of likely N-dealkylation sites (tertiary alicyclic amines) is 2. The normalized spacial score (nSPS) is 22.2. The van der Waals surface area contributed by atoms with Gasteiger partial charge in [-0.25, -0.2) is 0 Å². The van der Waals surface area contributed by atoms with Gasteiger partial charge in [0.05, 0.1) is 5.92 Å². The Balaban J connectivity index is 1.14. The van der Waals surface area contributed by atoms with Crippen molar-refractivity contribution in [3.8, 4) is 0 Å². The SMILES string of the molecule is O=C(NC1CCN(C(=O)C2CCCCC2)CC1)C1CCCN(C(=O)c2cccc3ccccc23)C1. The van der Waals surface area contributed by atoms with Gasteiger partial charge in [-0.05, 0) is 55.4 Å². The van der Waals surface area contributed by atoms with Gasteiger partial charge in [0.2, 0.25) is 11.8 Å². The van der Waals surface area contributed by atoms with Crippen LogP contribution in [-0.4, -0.2) is 59.7 Å². The molecule has 6 heteroatoms. The van der Waals surface area contributed by atoms with Crippen molar-refractivity contribution in [2.24, 2.45) is 11.8 Å². The highest BCUT2D eigenvalue weighted by atomic mass is 16.2. The van der Waals surface area contributed by atoms with Crippen LogP contribution in [0.5, 0.6) is 0 Å². The molecule has 0 spiro atoms. The lowest BCUT2D eigenvalue weighted by Gasteiger charge is -2.37. The number of benzene rings is 2. The van der Waals surface area contributed by atoms with E-state index in [-0.39, 0.29) is 29.7 Å². The maximum Gasteiger partial charge on any atom is 0.254 e. The number of fused-ring (bicyclic) bond motifs is 1. The predicted octanol–water partition coefficient (Wildman–Crippen LogP) is 4.38. The summed E-state index contributed by atoms with van der Waals surface area (Å²) in [6, 6.07) is 13.9. The first-order valence-electron chi connectivity index (χ1n) is 13.5. The average Bonchev–Trinajstić information content (AvgIpc) is 2.93. The molecule has 2 heterocycles. The quantitative estimate of drug-likeness (QED) is 0.714. The summed E-state index contributed by atoms with van der Waals surface area (Å²) in [7, 11) is 0. The number of carbonyl (C=O) groups is 3. The first-order valence-corrected chi connectivity index (χ1v) is 13.5. The van der Waals surface area contributed by atoms with Crippen LogP contribution in [-0.2, 0) is 9.59 Å². The molecule has 1 N–H and O–H groups in total. The number of hydrogen-bond acceptors (Lipinski definition) is 3. The zero-order valence-electron chi connectivity index (χ0n) is 20.6. The third-order valence-corrected chi connectivity index (χ3v) is 8.21. The van der Waals surface area contributed by atoms with E-state index in [1.165, 1.54) is 19.3 Å². The van der Waals surface area contributed by atoms with E-state index in [0.29, 0.717) is 24.6 Å². The Bertz CT molecular complexity index is 1060. The Morgan fingerprint density at radius 3 is 2.23 bits per heavy atom. The van der Waals surface area contributed by atoms with Crippen LogP contribution in [0.2, 0.25) is 0 Å². The van der Waals surface area contributed by atoms with E-state index < -0.39 is 0 Å². The van der Waals surface area contributed by atoms with Crippen molar-refractivity contribution < 1.29 is 14.4 Å². The molecular weight excluding hydrogens is 438 g/mol. The second kappa shape index (κ2) is 10.8. The van der Waals surface area contributed by atoms with Gasteiger partial charge in [0.25, 0.3) is 5.91 Å². The minimum Gasteiger partial charge on any atom is -0.353 e. The Morgan fingerprint density at radius 1 is 0.714 bits per heavy atom. The highest BCUT2D eigenvalue weighted by Crippen LogP contribution is 2.27. The van der Waals surface area contributed by atoms with E-state index in [0.717, 1.165) is 62.4 Å². The molecule has 0 bridgehead atoms. The summed E-state index contributed by atoms with van der Waals surface area (Å²) in [5.41, 5.74) is 0.708. The smallest absolute Gasteiger partial charge is 0.254 e. The van der Waals surface area contributed by atoms with Crippen LogP contribution in [0.25, 0.3) is 10.8 Å². The second-order valence-electron chi connectivity index (χ2n) is 10.6. The van der Waals surface area contributed by atoms with Gasteiger partial charge in [0, 0.05) is 43.7 Å². The van der Waals surface area contributed by atoms with Gasteiger partial charge in [-0.1, -0.05) is 55.7 Å². The predicted molar refractivity (Wildman–Crippen MR) is 137 cm³/mol. The van der Waals surface area contributed by atoms with Crippen molar-refractivity contribution in [3.63, 3.8) is 0 Å². The molecule has 5 rings (SSSR count).